The molecule has 0 aliphatic rings. The number of carbonyl (C=O) groups is 2. The zero-order chi connectivity index (χ0) is 18.9. The number of hydrogen-bond acceptors (Lipinski definition) is 6. The fourth-order valence-electron chi connectivity index (χ4n) is 2.16. The van der Waals surface area contributed by atoms with Crippen LogP contribution in [-0.4, -0.2) is 45.0 Å². The minimum absolute atomic E-state index is 0.0155. The molecule has 138 valence electrons. The Bertz CT molecular complexity index is 720. The van der Waals surface area contributed by atoms with E-state index in [9.17, 15) is 19.8 Å². The van der Waals surface area contributed by atoms with Gasteiger partial charge in [0.1, 0.15) is 12.7 Å². The highest BCUT2D eigenvalue weighted by atomic mass is 16.5. The Hall–Kier alpha value is -2.97. The fraction of sp³-hybridized carbons (Fsp3) is 0.278. The lowest BCUT2D eigenvalue weighted by Crippen LogP contribution is -2.30. The normalized spacial score (nSPS) is 12.8. The van der Waals surface area contributed by atoms with Gasteiger partial charge in [0.15, 0.2) is 0 Å². The van der Waals surface area contributed by atoms with Crippen molar-refractivity contribution in [3.8, 4) is 0 Å². The minimum Gasteiger partial charge on any atom is -0.478 e. The Morgan fingerprint density at radius 3 is 2.46 bits per heavy atom. The molecule has 0 saturated carbocycles. The van der Waals surface area contributed by atoms with Crippen LogP contribution in [0.2, 0.25) is 0 Å². The lowest BCUT2D eigenvalue weighted by molar-refractivity contribution is 0.0111. The molecule has 1 amide bonds. The number of amides is 1. The number of aromatic carboxylic acids is 1. The average molecular weight is 360 g/mol. The van der Waals surface area contributed by atoms with Crippen LogP contribution >= 0.6 is 0 Å². The number of hydrogen-bond donors (Lipinski definition) is 4. The number of nitrogens with one attached hydrogen (secondary N) is 1. The van der Waals surface area contributed by atoms with Gasteiger partial charge in [0.05, 0.1) is 17.4 Å². The number of aliphatic hydroxyl groups is 2. The second-order valence-corrected chi connectivity index (χ2v) is 5.57. The first-order valence-corrected chi connectivity index (χ1v) is 7.97. The van der Waals surface area contributed by atoms with Gasteiger partial charge >= 0.3 is 12.1 Å². The summed E-state index contributed by atoms with van der Waals surface area (Å²) in [6, 6.07) is 11.8. The number of pyridine rings is 1. The van der Waals surface area contributed by atoms with Gasteiger partial charge in [-0.1, -0.05) is 30.3 Å². The third kappa shape index (κ3) is 5.83. The molecule has 2 rings (SSSR count). The van der Waals surface area contributed by atoms with E-state index in [0.717, 1.165) is 11.8 Å². The monoisotopic (exact) mass is 360 g/mol. The maximum Gasteiger partial charge on any atom is 0.407 e. The number of carboxylic acid groups (broad SMARTS) is 1. The van der Waals surface area contributed by atoms with Crippen molar-refractivity contribution in [3.63, 3.8) is 0 Å². The van der Waals surface area contributed by atoms with Crippen LogP contribution in [0.4, 0.5) is 4.79 Å². The van der Waals surface area contributed by atoms with Crippen LogP contribution in [-0.2, 0) is 11.3 Å². The van der Waals surface area contributed by atoms with Crippen molar-refractivity contribution in [2.24, 2.45) is 0 Å². The van der Waals surface area contributed by atoms with Gasteiger partial charge in [-0.2, -0.15) is 0 Å². The molecule has 26 heavy (non-hydrogen) atoms. The predicted octanol–water partition coefficient (Wildman–Crippen LogP) is 1.49. The number of carboxylic acids is 1. The molecular weight excluding hydrogens is 340 g/mol. The third-order valence-corrected chi connectivity index (χ3v) is 3.62. The maximum absolute atomic E-state index is 11.6. The SMILES string of the molecule is O=C(NCCC(O)C(O)c1ccc(C(=O)O)cn1)OCc1ccccc1. The highest BCUT2D eigenvalue weighted by molar-refractivity contribution is 5.87. The number of nitrogens with zero attached hydrogens (tertiary/aromatic N) is 1. The van der Waals surface area contributed by atoms with E-state index in [-0.39, 0.29) is 30.8 Å². The average Bonchev–Trinajstić information content (AvgIpc) is 2.66. The summed E-state index contributed by atoms with van der Waals surface area (Å²) < 4.78 is 5.03. The molecule has 0 fully saturated rings. The molecule has 0 aliphatic carbocycles. The number of aromatic nitrogens is 1. The Kier molecular flexibility index (Phi) is 7.07. The van der Waals surface area contributed by atoms with Gasteiger partial charge in [0, 0.05) is 12.7 Å². The standard InChI is InChI=1S/C18H20N2O6/c21-15(16(22)14-7-6-13(10-20-14)17(23)24)8-9-19-18(25)26-11-12-4-2-1-3-5-12/h1-7,10,15-16,21-22H,8-9,11H2,(H,19,25)(H,23,24). The van der Waals surface area contributed by atoms with Gasteiger partial charge in [-0.25, -0.2) is 9.59 Å². The van der Waals surface area contributed by atoms with E-state index < -0.39 is 24.3 Å². The second-order valence-electron chi connectivity index (χ2n) is 5.57. The lowest BCUT2D eigenvalue weighted by Gasteiger charge is -2.17. The zero-order valence-corrected chi connectivity index (χ0v) is 13.9. The van der Waals surface area contributed by atoms with Crippen molar-refractivity contribution in [3.05, 3.63) is 65.5 Å². The van der Waals surface area contributed by atoms with E-state index in [1.165, 1.54) is 12.1 Å². The van der Waals surface area contributed by atoms with Crippen LogP contribution in [0.25, 0.3) is 0 Å². The van der Waals surface area contributed by atoms with E-state index in [2.05, 4.69) is 10.3 Å². The smallest absolute Gasteiger partial charge is 0.407 e. The quantitative estimate of drug-likeness (QED) is 0.561. The first-order chi connectivity index (χ1) is 12.5. The summed E-state index contributed by atoms with van der Waals surface area (Å²) in [5, 5.41) is 31.3. The molecule has 0 bridgehead atoms. The van der Waals surface area contributed by atoms with Crippen LogP contribution in [0.1, 0.15) is 34.1 Å². The molecule has 2 aromatic rings. The lowest BCUT2D eigenvalue weighted by atomic mass is 10.1. The van der Waals surface area contributed by atoms with Crippen LogP contribution in [0.15, 0.2) is 48.7 Å². The third-order valence-electron chi connectivity index (χ3n) is 3.62. The Balaban J connectivity index is 1.72. The van der Waals surface area contributed by atoms with E-state index in [1.54, 1.807) is 0 Å². The summed E-state index contributed by atoms with van der Waals surface area (Å²) in [6.07, 6.45) is -1.91. The van der Waals surface area contributed by atoms with Crippen LogP contribution in [0.3, 0.4) is 0 Å². The summed E-state index contributed by atoms with van der Waals surface area (Å²) in [7, 11) is 0. The topological polar surface area (TPSA) is 129 Å². The molecule has 2 unspecified atom stereocenters. The summed E-state index contributed by atoms with van der Waals surface area (Å²) in [5.41, 5.74) is 0.987. The molecular formula is C18H20N2O6. The van der Waals surface area contributed by atoms with Gasteiger partial charge in [0.25, 0.3) is 0 Å². The van der Waals surface area contributed by atoms with Gasteiger partial charge in [-0.3, -0.25) is 4.98 Å². The van der Waals surface area contributed by atoms with E-state index >= 15 is 0 Å². The molecule has 8 heteroatoms. The first kappa shape index (κ1) is 19.4. The molecule has 1 heterocycles. The molecule has 4 N–H and O–H groups in total. The van der Waals surface area contributed by atoms with Crippen molar-refractivity contribution in [1.82, 2.24) is 10.3 Å². The predicted molar refractivity (Wildman–Crippen MR) is 91.4 cm³/mol. The van der Waals surface area contributed by atoms with Crippen molar-refractivity contribution >= 4 is 12.1 Å². The summed E-state index contributed by atoms with van der Waals surface area (Å²) >= 11 is 0. The van der Waals surface area contributed by atoms with E-state index in [0.29, 0.717) is 0 Å². The summed E-state index contributed by atoms with van der Waals surface area (Å²) in [6.45, 7) is 0.233. The largest absolute Gasteiger partial charge is 0.478 e. The van der Waals surface area contributed by atoms with Crippen molar-refractivity contribution in [1.29, 1.82) is 0 Å². The number of aliphatic hydroxyl groups excluding tert-OH is 2. The van der Waals surface area contributed by atoms with Gasteiger partial charge < -0.3 is 25.4 Å². The molecule has 0 radical (unpaired) electrons. The first-order valence-electron chi connectivity index (χ1n) is 7.97. The highest BCUT2D eigenvalue weighted by Gasteiger charge is 2.20. The Labute approximate surface area is 150 Å². The molecule has 0 saturated heterocycles. The van der Waals surface area contributed by atoms with E-state index in [1.807, 2.05) is 30.3 Å². The molecule has 1 aromatic carbocycles. The second kappa shape index (κ2) is 9.50. The number of rotatable bonds is 8. The number of alkyl carbamates (subject to hydrolysis) is 1. The molecule has 0 aliphatic heterocycles. The Morgan fingerprint density at radius 1 is 1.12 bits per heavy atom. The molecule has 0 spiro atoms. The van der Waals surface area contributed by atoms with E-state index in [4.69, 9.17) is 9.84 Å². The van der Waals surface area contributed by atoms with Crippen molar-refractivity contribution < 1.29 is 29.6 Å². The summed E-state index contributed by atoms with van der Waals surface area (Å²) in [5.74, 6) is -1.13. The molecule has 2 atom stereocenters. The Morgan fingerprint density at radius 2 is 1.85 bits per heavy atom. The van der Waals surface area contributed by atoms with Crippen LogP contribution in [0.5, 0.6) is 0 Å². The summed E-state index contributed by atoms with van der Waals surface area (Å²) in [4.78, 5) is 26.2. The highest BCUT2D eigenvalue weighted by Crippen LogP contribution is 2.17. The number of ether oxygens (including phenoxy) is 1. The van der Waals surface area contributed by atoms with Crippen LogP contribution in [0, 0.1) is 0 Å². The number of benzene rings is 1. The van der Waals surface area contributed by atoms with Crippen molar-refractivity contribution in [2.75, 3.05) is 6.54 Å². The number of carbonyl (C=O) groups excluding carboxylic acids is 1. The zero-order valence-electron chi connectivity index (χ0n) is 13.9. The van der Waals surface area contributed by atoms with Gasteiger partial charge in [-0.05, 0) is 24.1 Å². The van der Waals surface area contributed by atoms with Gasteiger partial charge in [-0.15, -0.1) is 0 Å². The molecule has 1 aromatic heterocycles. The maximum atomic E-state index is 11.6. The fourth-order valence-corrected chi connectivity index (χ4v) is 2.16. The van der Waals surface area contributed by atoms with Crippen LogP contribution < -0.4 is 5.32 Å². The molecule has 8 nitrogen and oxygen atoms in total. The van der Waals surface area contributed by atoms with Crippen molar-refractivity contribution in [2.45, 2.75) is 25.2 Å². The van der Waals surface area contributed by atoms with Gasteiger partial charge in [0.2, 0.25) is 0 Å². The minimum atomic E-state index is -1.29.